The van der Waals surface area contributed by atoms with Crippen LogP contribution in [0.1, 0.15) is 30.3 Å². The number of nitrogens with one attached hydrogen (secondary N) is 2. The van der Waals surface area contributed by atoms with Crippen LogP contribution in [0.5, 0.6) is 0 Å². The Morgan fingerprint density at radius 1 is 1.34 bits per heavy atom. The van der Waals surface area contributed by atoms with Gasteiger partial charge in [0.2, 0.25) is 0 Å². The summed E-state index contributed by atoms with van der Waals surface area (Å²) in [5, 5.41) is 9.97. The van der Waals surface area contributed by atoms with Gasteiger partial charge in [-0.15, -0.1) is 0 Å². The van der Waals surface area contributed by atoms with E-state index in [9.17, 15) is 18.4 Å². The number of fused-ring (bicyclic) bond motifs is 1. The predicted molar refractivity (Wildman–Crippen MR) is 126 cm³/mol. The molecular formula is C22H23F2N7O3S. The van der Waals surface area contributed by atoms with E-state index in [1.807, 2.05) is 6.92 Å². The van der Waals surface area contributed by atoms with E-state index < -0.39 is 29.2 Å². The molecule has 2 saturated heterocycles. The summed E-state index contributed by atoms with van der Waals surface area (Å²) < 4.78 is 35.4. The lowest BCUT2D eigenvalue weighted by Crippen LogP contribution is -2.45. The Morgan fingerprint density at radius 2 is 2.09 bits per heavy atom. The molecule has 2 atom stereocenters. The van der Waals surface area contributed by atoms with Gasteiger partial charge in [0.05, 0.1) is 17.3 Å². The number of nitrogens with zero attached hydrogens (tertiary/aromatic N) is 4. The van der Waals surface area contributed by atoms with Crippen molar-refractivity contribution in [2.24, 2.45) is 7.05 Å². The van der Waals surface area contributed by atoms with Crippen molar-refractivity contribution < 1.29 is 23.1 Å². The summed E-state index contributed by atoms with van der Waals surface area (Å²) in [7, 11) is 1.76. The van der Waals surface area contributed by atoms with Crippen LogP contribution in [0.4, 0.5) is 30.1 Å². The molecule has 2 amide bonds. The zero-order valence-electron chi connectivity index (χ0n) is 19.0. The number of anilines is 3. The van der Waals surface area contributed by atoms with Gasteiger partial charge in [0.1, 0.15) is 33.4 Å². The van der Waals surface area contributed by atoms with E-state index in [0.29, 0.717) is 37.4 Å². The highest BCUT2D eigenvalue weighted by atomic mass is 32.1. The first-order chi connectivity index (χ1) is 16.7. The van der Waals surface area contributed by atoms with Crippen LogP contribution in [-0.2, 0) is 11.8 Å². The average Bonchev–Trinajstić information content (AvgIpc) is 3.40. The molecule has 0 unspecified atom stereocenters. The first kappa shape index (κ1) is 23.0. The average molecular weight is 504 g/mol. The molecule has 2 aromatic heterocycles. The maximum absolute atomic E-state index is 14.2. The number of amides is 2. The SMILES string of the molecule is Cn1ncc(NC(=O)c2nc(-c3c(F)cccc3F)sc2N)c1N1CC[C@@H]2OC(=O)N[C@]2(C)CC1. The van der Waals surface area contributed by atoms with Crippen LogP contribution in [0, 0.1) is 11.6 Å². The van der Waals surface area contributed by atoms with E-state index in [1.54, 1.807) is 11.7 Å². The number of carbonyl (C=O) groups excluding carboxylic acids is 2. The monoisotopic (exact) mass is 503 g/mol. The van der Waals surface area contributed by atoms with Crippen LogP contribution >= 0.6 is 11.3 Å². The van der Waals surface area contributed by atoms with Gasteiger partial charge in [-0.3, -0.25) is 9.48 Å². The standard InChI is InChI=1S/C22H23F2N7O3S/c1-22-7-9-31(8-6-14(22)34-21(33)29-22)20-13(10-26-30(20)2)27-18(32)16-17(25)35-19(28-16)15-11(23)4-3-5-12(15)24/h3-5,10,14H,6-9,25H2,1-2H3,(H,27,32)(H,29,33)/t14-,22+/m0/s1. The van der Waals surface area contributed by atoms with Gasteiger partial charge >= 0.3 is 6.09 Å². The van der Waals surface area contributed by atoms with Crippen molar-refractivity contribution in [1.29, 1.82) is 0 Å². The third-order valence-corrected chi connectivity index (χ3v) is 7.31. The van der Waals surface area contributed by atoms with E-state index in [4.69, 9.17) is 10.5 Å². The molecule has 184 valence electrons. The number of alkyl carbamates (subject to hydrolysis) is 1. The van der Waals surface area contributed by atoms with Gasteiger partial charge in [0, 0.05) is 26.6 Å². The molecule has 5 rings (SSSR count). The zero-order chi connectivity index (χ0) is 24.9. The molecule has 0 radical (unpaired) electrons. The van der Waals surface area contributed by atoms with Gasteiger partial charge in [0.15, 0.2) is 11.5 Å². The lowest BCUT2D eigenvalue weighted by Gasteiger charge is -2.26. The molecule has 1 aromatic carbocycles. The molecule has 35 heavy (non-hydrogen) atoms. The fourth-order valence-electron chi connectivity index (χ4n) is 4.55. The molecule has 13 heteroatoms. The largest absolute Gasteiger partial charge is 0.444 e. The number of nitrogens with two attached hydrogens (primary N) is 1. The summed E-state index contributed by atoms with van der Waals surface area (Å²) in [6.45, 7) is 3.13. The molecule has 4 heterocycles. The molecule has 4 N–H and O–H groups in total. The molecule has 0 spiro atoms. The van der Waals surface area contributed by atoms with Crippen LogP contribution in [0.15, 0.2) is 24.4 Å². The first-order valence-electron chi connectivity index (χ1n) is 10.9. The smallest absolute Gasteiger partial charge is 0.408 e. The number of thiazole rings is 1. The Labute approximate surface area is 203 Å². The molecule has 2 fully saturated rings. The number of ether oxygens (including phenoxy) is 1. The molecule has 2 aliphatic rings. The third kappa shape index (κ3) is 4.05. The van der Waals surface area contributed by atoms with E-state index in [1.165, 1.54) is 12.3 Å². The molecule has 0 aliphatic carbocycles. The lowest BCUT2D eigenvalue weighted by molar-refractivity contribution is 0.102. The predicted octanol–water partition coefficient (Wildman–Crippen LogP) is 3.12. The van der Waals surface area contributed by atoms with Gasteiger partial charge < -0.3 is 26.0 Å². The zero-order valence-corrected chi connectivity index (χ0v) is 19.8. The van der Waals surface area contributed by atoms with Crippen LogP contribution in [-0.4, -0.2) is 51.5 Å². The molecule has 2 aliphatic heterocycles. The van der Waals surface area contributed by atoms with Crippen molar-refractivity contribution in [2.75, 3.05) is 29.0 Å². The van der Waals surface area contributed by atoms with Crippen LogP contribution in [0.25, 0.3) is 10.6 Å². The van der Waals surface area contributed by atoms with Crippen LogP contribution < -0.4 is 21.3 Å². The Morgan fingerprint density at radius 3 is 2.83 bits per heavy atom. The van der Waals surface area contributed by atoms with Crippen molar-refractivity contribution in [2.45, 2.75) is 31.4 Å². The number of halogens is 2. The minimum Gasteiger partial charge on any atom is -0.444 e. The normalized spacial score (nSPS) is 21.8. The minimum absolute atomic E-state index is 0.0241. The van der Waals surface area contributed by atoms with E-state index in [-0.39, 0.29) is 27.4 Å². The Bertz CT molecular complexity index is 1310. The summed E-state index contributed by atoms with van der Waals surface area (Å²) in [5.74, 6) is -1.53. The Balaban J connectivity index is 1.38. The molecule has 3 aromatic rings. The van der Waals surface area contributed by atoms with Crippen molar-refractivity contribution in [1.82, 2.24) is 20.1 Å². The van der Waals surface area contributed by atoms with E-state index >= 15 is 0 Å². The second kappa shape index (κ2) is 8.48. The highest BCUT2D eigenvalue weighted by Crippen LogP contribution is 2.36. The van der Waals surface area contributed by atoms with Gasteiger partial charge in [-0.1, -0.05) is 17.4 Å². The lowest BCUT2D eigenvalue weighted by atomic mass is 9.91. The third-order valence-electron chi connectivity index (χ3n) is 6.41. The van der Waals surface area contributed by atoms with Crippen molar-refractivity contribution in [3.63, 3.8) is 0 Å². The number of carbonyl (C=O) groups is 2. The second-order valence-electron chi connectivity index (χ2n) is 8.75. The molecule has 0 saturated carbocycles. The number of hydrogen-bond acceptors (Lipinski definition) is 8. The van der Waals surface area contributed by atoms with E-state index in [2.05, 4.69) is 25.6 Å². The summed E-state index contributed by atoms with van der Waals surface area (Å²) >= 11 is 0.830. The number of rotatable bonds is 4. The summed E-state index contributed by atoms with van der Waals surface area (Å²) in [5.41, 5.74) is 5.50. The van der Waals surface area contributed by atoms with Crippen LogP contribution in [0.2, 0.25) is 0 Å². The van der Waals surface area contributed by atoms with Gasteiger partial charge in [-0.25, -0.2) is 18.6 Å². The number of aryl methyl sites for hydroxylation is 1. The van der Waals surface area contributed by atoms with Gasteiger partial charge in [-0.2, -0.15) is 5.10 Å². The number of hydrogen-bond donors (Lipinski definition) is 3. The maximum atomic E-state index is 14.2. The number of nitrogen functional groups attached to an aromatic ring is 1. The summed E-state index contributed by atoms with van der Waals surface area (Å²) in [4.78, 5) is 30.9. The molecular weight excluding hydrogens is 480 g/mol. The Kier molecular flexibility index (Phi) is 5.58. The van der Waals surface area contributed by atoms with Crippen molar-refractivity contribution in [3.05, 3.63) is 41.7 Å². The van der Waals surface area contributed by atoms with Gasteiger partial charge in [0.25, 0.3) is 5.91 Å². The second-order valence-corrected chi connectivity index (χ2v) is 9.78. The number of benzene rings is 1. The quantitative estimate of drug-likeness (QED) is 0.499. The highest BCUT2D eigenvalue weighted by molar-refractivity contribution is 7.19. The van der Waals surface area contributed by atoms with E-state index in [0.717, 1.165) is 23.5 Å². The Hall–Kier alpha value is -3.74. The first-order valence-corrected chi connectivity index (χ1v) is 11.8. The molecule has 0 bridgehead atoms. The van der Waals surface area contributed by atoms with Crippen molar-refractivity contribution in [3.8, 4) is 10.6 Å². The number of aromatic nitrogens is 3. The van der Waals surface area contributed by atoms with Crippen molar-refractivity contribution >= 4 is 39.8 Å². The summed E-state index contributed by atoms with van der Waals surface area (Å²) in [6, 6.07) is 3.48. The summed E-state index contributed by atoms with van der Waals surface area (Å²) in [6.07, 6.45) is 2.09. The highest BCUT2D eigenvalue weighted by Gasteiger charge is 2.46. The molecule has 10 nitrogen and oxygen atoms in total. The van der Waals surface area contributed by atoms with Gasteiger partial charge in [-0.05, 0) is 25.5 Å². The minimum atomic E-state index is -0.792. The van der Waals surface area contributed by atoms with Crippen LogP contribution in [0.3, 0.4) is 0 Å². The topological polar surface area (TPSA) is 127 Å². The maximum Gasteiger partial charge on any atom is 0.408 e. The fourth-order valence-corrected chi connectivity index (χ4v) is 5.42. The fraction of sp³-hybridized carbons (Fsp3) is 0.364.